The number of nitrogens with zero attached hydrogens (tertiary/aromatic N) is 2. The number of thiol groups is 1. The predicted molar refractivity (Wildman–Crippen MR) is 94.6 cm³/mol. The first kappa shape index (κ1) is 18.6. The Hall–Kier alpha value is -1.20. The number of hydrogen-bond donors (Lipinski definition) is 3. The summed E-state index contributed by atoms with van der Waals surface area (Å²) in [6, 6.07) is 3.79. The number of benzene rings is 1. The number of Topliss-reactive ketones (excluding diaryl/α,β-unsaturated/α-hetero) is 1. The Bertz CT molecular complexity index is 733. The second kappa shape index (κ2) is 7.58. The SMILES string of the molecule is O=C(C(=Nc1ccc(F)c(Br)c1)NO)C1C[C@H]2CC[C@@H](C1)N2[SH+](=O)O. The van der Waals surface area contributed by atoms with Crippen molar-refractivity contribution in [2.45, 2.75) is 37.8 Å². The van der Waals surface area contributed by atoms with Gasteiger partial charge in [-0.1, -0.05) is 4.31 Å². The molecule has 2 heterocycles. The van der Waals surface area contributed by atoms with Gasteiger partial charge in [-0.05, 0) is 64.0 Å². The Kier molecular flexibility index (Phi) is 5.64. The Morgan fingerprint density at radius 3 is 2.52 bits per heavy atom. The average Bonchev–Trinajstić information content (AvgIpc) is 2.86. The van der Waals surface area contributed by atoms with Gasteiger partial charge in [-0.2, -0.15) is 4.55 Å². The zero-order chi connectivity index (χ0) is 18.1. The van der Waals surface area contributed by atoms with Crippen LogP contribution in [-0.2, 0) is 20.3 Å². The lowest BCUT2D eigenvalue weighted by Crippen LogP contribution is -2.47. The van der Waals surface area contributed by atoms with Gasteiger partial charge >= 0.3 is 0 Å². The van der Waals surface area contributed by atoms with Gasteiger partial charge in [0.05, 0.1) is 22.2 Å². The van der Waals surface area contributed by atoms with E-state index in [2.05, 4.69) is 20.9 Å². The van der Waals surface area contributed by atoms with Gasteiger partial charge in [-0.25, -0.2) is 14.9 Å². The van der Waals surface area contributed by atoms with Gasteiger partial charge in [-0.3, -0.25) is 10.0 Å². The first-order valence-electron chi connectivity index (χ1n) is 7.83. The minimum absolute atomic E-state index is 0.110. The van der Waals surface area contributed by atoms with Gasteiger partial charge in [0.2, 0.25) is 5.78 Å². The van der Waals surface area contributed by atoms with Gasteiger partial charge < -0.3 is 0 Å². The molecule has 0 amide bonds. The van der Waals surface area contributed by atoms with Crippen molar-refractivity contribution in [3.63, 3.8) is 0 Å². The van der Waals surface area contributed by atoms with Crippen LogP contribution in [0.25, 0.3) is 0 Å². The van der Waals surface area contributed by atoms with Crippen LogP contribution in [-0.4, -0.2) is 37.8 Å². The summed E-state index contributed by atoms with van der Waals surface area (Å²) in [4.78, 5) is 16.8. The molecule has 2 saturated heterocycles. The Balaban J connectivity index is 1.78. The fourth-order valence-electron chi connectivity index (χ4n) is 3.66. The van der Waals surface area contributed by atoms with E-state index in [4.69, 9.17) is 0 Å². The number of nitrogens with one attached hydrogen (secondary N) is 1. The average molecular weight is 435 g/mol. The molecule has 2 aliphatic heterocycles. The molecule has 1 aromatic carbocycles. The van der Waals surface area contributed by atoms with E-state index in [-0.39, 0.29) is 34.1 Å². The molecular weight excluding hydrogens is 417 g/mol. The third-order valence-corrected chi connectivity index (χ3v) is 6.40. The number of carbonyl (C=O) groups is 1. The topological polar surface area (TPSA) is 102 Å². The van der Waals surface area contributed by atoms with Crippen LogP contribution in [0.3, 0.4) is 0 Å². The summed E-state index contributed by atoms with van der Waals surface area (Å²) in [5.74, 6) is -1.41. The normalized spacial score (nSPS) is 28.0. The maximum absolute atomic E-state index is 13.3. The molecular formula is C15H18BrFN3O4S+. The molecule has 2 fully saturated rings. The summed E-state index contributed by atoms with van der Waals surface area (Å²) in [6.45, 7) is 0. The fourth-order valence-corrected chi connectivity index (χ4v) is 5.00. The van der Waals surface area contributed by atoms with E-state index in [1.54, 1.807) is 4.31 Å². The maximum Gasteiger partial charge on any atom is 0.278 e. The van der Waals surface area contributed by atoms with Gasteiger partial charge in [0.15, 0.2) is 5.84 Å². The summed E-state index contributed by atoms with van der Waals surface area (Å²) in [5, 5.41) is 9.32. The number of piperidine rings is 1. The quantitative estimate of drug-likeness (QED) is 0.222. The maximum atomic E-state index is 13.3. The van der Waals surface area contributed by atoms with Crippen LogP contribution < -0.4 is 5.48 Å². The van der Waals surface area contributed by atoms with Crippen LogP contribution in [0.5, 0.6) is 0 Å². The Morgan fingerprint density at radius 1 is 1.36 bits per heavy atom. The van der Waals surface area contributed by atoms with Crippen molar-refractivity contribution in [2.24, 2.45) is 10.9 Å². The van der Waals surface area contributed by atoms with Crippen LogP contribution in [0, 0.1) is 11.7 Å². The van der Waals surface area contributed by atoms with Gasteiger partial charge in [0.25, 0.3) is 11.3 Å². The minimum Gasteiger partial charge on any atom is -0.290 e. The smallest absolute Gasteiger partial charge is 0.278 e. The van der Waals surface area contributed by atoms with E-state index >= 15 is 0 Å². The second-order valence-corrected chi connectivity index (χ2v) is 8.04. The molecule has 0 aromatic heterocycles. The lowest BCUT2D eigenvalue weighted by atomic mass is 9.88. The first-order chi connectivity index (χ1) is 11.9. The van der Waals surface area contributed by atoms with E-state index in [1.165, 1.54) is 18.2 Å². The van der Waals surface area contributed by atoms with E-state index in [1.807, 2.05) is 5.48 Å². The van der Waals surface area contributed by atoms with Crippen LogP contribution in [0.15, 0.2) is 27.7 Å². The fraction of sp³-hybridized carbons (Fsp3) is 0.467. The van der Waals surface area contributed by atoms with Crippen molar-refractivity contribution in [1.82, 2.24) is 9.79 Å². The molecule has 4 atom stereocenters. The number of carbonyl (C=O) groups excluding carboxylic acids is 1. The van der Waals surface area contributed by atoms with Crippen molar-refractivity contribution in [3.8, 4) is 0 Å². The number of halogens is 2. The van der Waals surface area contributed by atoms with Crippen molar-refractivity contribution < 1.29 is 23.2 Å². The van der Waals surface area contributed by atoms with Crippen LogP contribution in [0.1, 0.15) is 25.7 Å². The first-order valence-corrected chi connectivity index (χ1v) is 9.79. The van der Waals surface area contributed by atoms with E-state index in [9.17, 15) is 23.2 Å². The number of aliphatic imine (C=N–C) groups is 1. The van der Waals surface area contributed by atoms with Crippen LogP contribution >= 0.6 is 15.9 Å². The molecule has 25 heavy (non-hydrogen) atoms. The van der Waals surface area contributed by atoms with Gasteiger partial charge in [-0.15, -0.1) is 0 Å². The van der Waals surface area contributed by atoms with E-state index < -0.39 is 17.1 Å². The molecule has 10 heteroatoms. The lowest BCUT2D eigenvalue weighted by Gasteiger charge is -2.31. The van der Waals surface area contributed by atoms with Crippen LogP contribution in [0.2, 0.25) is 0 Å². The molecule has 0 spiro atoms. The summed E-state index contributed by atoms with van der Waals surface area (Å²) < 4.78 is 36.0. The number of ketones is 1. The van der Waals surface area contributed by atoms with Gasteiger partial charge in [0, 0.05) is 5.92 Å². The van der Waals surface area contributed by atoms with E-state index in [0.29, 0.717) is 18.5 Å². The molecule has 2 unspecified atom stereocenters. The van der Waals surface area contributed by atoms with Crippen molar-refractivity contribution in [1.29, 1.82) is 0 Å². The highest BCUT2D eigenvalue weighted by Crippen LogP contribution is 2.39. The summed E-state index contributed by atoms with van der Waals surface area (Å²) in [7, 11) is 0. The summed E-state index contributed by atoms with van der Waals surface area (Å²) in [5.41, 5.74) is 2.15. The Labute approximate surface area is 154 Å². The summed E-state index contributed by atoms with van der Waals surface area (Å²) in [6.07, 6.45) is 2.45. The molecule has 1 aromatic rings. The largest absolute Gasteiger partial charge is 0.290 e. The molecule has 7 nitrogen and oxygen atoms in total. The van der Waals surface area contributed by atoms with Crippen molar-refractivity contribution in [2.75, 3.05) is 0 Å². The second-order valence-electron chi connectivity index (χ2n) is 6.22. The molecule has 0 saturated carbocycles. The zero-order valence-corrected chi connectivity index (χ0v) is 15.6. The molecule has 2 aliphatic rings. The highest BCUT2D eigenvalue weighted by Gasteiger charge is 2.49. The molecule has 136 valence electrons. The lowest BCUT2D eigenvalue weighted by molar-refractivity contribution is -0.118. The molecule has 2 bridgehead atoms. The third kappa shape index (κ3) is 3.82. The zero-order valence-electron chi connectivity index (χ0n) is 13.1. The van der Waals surface area contributed by atoms with Crippen molar-refractivity contribution >= 4 is 44.5 Å². The standard InChI is InChI=1S/C15H17BrFN3O4S/c16-12-7-9(1-4-13(12)17)18-15(19-22)14(21)8-5-10-2-3-11(6-8)20(10)25(23)24/h1,4,7-8,10-11,22H,2-3,5-6H2,(H,18,19)(H,23,24)/p+1/t8?,10-,11+. The number of amidine groups is 1. The number of fused-ring (bicyclic) bond motifs is 2. The minimum atomic E-state index is -2.40. The highest BCUT2D eigenvalue weighted by atomic mass is 79.9. The summed E-state index contributed by atoms with van der Waals surface area (Å²) >= 11 is 0.644. The molecule has 3 rings (SSSR count). The number of hydroxylamine groups is 1. The predicted octanol–water partition coefficient (Wildman–Crippen LogP) is 2.49. The molecule has 0 radical (unpaired) electrons. The monoisotopic (exact) mass is 434 g/mol. The van der Waals surface area contributed by atoms with Crippen molar-refractivity contribution in [3.05, 3.63) is 28.5 Å². The van der Waals surface area contributed by atoms with Gasteiger partial charge in [0.1, 0.15) is 5.82 Å². The molecule has 0 aliphatic carbocycles. The van der Waals surface area contributed by atoms with Crippen LogP contribution in [0.4, 0.5) is 10.1 Å². The number of hydrogen-bond acceptors (Lipinski definition) is 4. The third-order valence-electron chi connectivity index (χ3n) is 4.75. The number of rotatable bonds is 4. The highest BCUT2D eigenvalue weighted by molar-refractivity contribution is 9.10. The molecule has 3 N–H and O–H groups in total. The Morgan fingerprint density at radius 2 is 2.00 bits per heavy atom. The van der Waals surface area contributed by atoms with E-state index in [0.717, 1.165) is 12.8 Å².